The van der Waals surface area contributed by atoms with E-state index in [1.807, 2.05) is 87.5 Å². The van der Waals surface area contributed by atoms with Crippen molar-refractivity contribution in [2.45, 2.75) is 71.4 Å². The zero-order chi connectivity index (χ0) is 41.0. The van der Waals surface area contributed by atoms with E-state index in [1.54, 1.807) is 18.9 Å². The fraction of sp³-hybridized carbons (Fsp3) is 0.349. The molecule has 1 aliphatic heterocycles. The number of ether oxygens (including phenoxy) is 3. The summed E-state index contributed by atoms with van der Waals surface area (Å²) in [5.41, 5.74) is 5.26. The van der Waals surface area contributed by atoms with E-state index >= 15 is 0 Å². The summed E-state index contributed by atoms with van der Waals surface area (Å²) in [6.07, 6.45) is 0.0514. The number of fused-ring (bicyclic) bond motifs is 1. The van der Waals surface area contributed by atoms with Crippen LogP contribution in [0.5, 0.6) is 11.6 Å². The van der Waals surface area contributed by atoms with Gasteiger partial charge in [0.1, 0.15) is 11.4 Å². The standard InChI is InChI=1S/C43H46Cl3N5O6/c1-24(52)20-47-21-26-19-33(44)39-32(40(26)55-5)15-17-34(49-39)30-11-7-9-28(37(30)45)29-10-8-12-31(38(29)46)35-16-13-25(41(50-35)56-6)22-51(42(54)57-43(2,3)4)23-27-14-18-36(53)48-27/h7-13,15-17,19,24,27,47,52H,14,18,20-23H2,1-6H3,(H,48,53)/t24?,27-/m0/s1. The third-order valence-electron chi connectivity index (χ3n) is 9.43. The minimum atomic E-state index is -0.707. The van der Waals surface area contributed by atoms with Crippen molar-refractivity contribution in [1.29, 1.82) is 0 Å². The van der Waals surface area contributed by atoms with Gasteiger partial charge in [-0.05, 0) is 64.4 Å². The van der Waals surface area contributed by atoms with Crippen LogP contribution < -0.4 is 20.1 Å². The van der Waals surface area contributed by atoms with Crippen molar-refractivity contribution in [2.75, 3.05) is 27.3 Å². The molecule has 0 spiro atoms. The van der Waals surface area contributed by atoms with Gasteiger partial charge < -0.3 is 34.9 Å². The molecule has 3 heterocycles. The van der Waals surface area contributed by atoms with E-state index in [0.717, 1.165) is 10.9 Å². The first-order chi connectivity index (χ1) is 27.2. The number of methoxy groups -OCH3 is 2. The summed E-state index contributed by atoms with van der Waals surface area (Å²) in [5.74, 6) is 0.927. The number of aliphatic hydroxyl groups excluding tert-OH is 1. The Morgan fingerprint density at radius 3 is 2.14 bits per heavy atom. The molecule has 1 unspecified atom stereocenters. The second kappa shape index (κ2) is 17.9. The molecule has 2 atom stereocenters. The smallest absolute Gasteiger partial charge is 0.410 e. The summed E-state index contributed by atoms with van der Waals surface area (Å²) in [7, 11) is 3.13. The van der Waals surface area contributed by atoms with Crippen LogP contribution in [0.3, 0.4) is 0 Å². The molecular formula is C43H46Cl3N5O6. The highest BCUT2D eigenvalue weighted by Crippen LogP contribution is 2.43. The summed E-state index contributed by atoms with van der Waals surface area (Å²) in [6, 6.07) is 20.4. The Morgan fingerprint density at radius 1 is 0.930 bits per heavy atom. The number of hydrogen-bond donors (Lipinski definition) is 3. The predicted molar refractivity (Wildman–Crippen MR) is 225 cm³/mol. The van der Waals surface area contributed by atoms with Crippen LogP contribution in [-0.4, -0.2) is 77.0 Å². The van der Waals surface area contributed by atoms with Gasteiger partial charge in [-0.2, -0.15) is 0 Å². The van der Waals surface area contributed by atoms with E-state index in [1.165, 1.54) is 7.11 Å². The van der Waals surface area contributed by atoms with E-state index in [9.17, 15) is 14.7 Å². The first-order valence-corrected chi connectivity index (χ1v) is 19.7. The largest absolute Gasteiger partial charge is 0.496 e. The lowest BCUT2D eigenvalue weighted by Crippen LogP contribution is -2.43. The molecule has 300 valence electrons. The van der Waals surface area contributed by atoms with Gasteiger partial charge in [0, 0.05) is 70.9 Å². The van der Waals surface area contributed by atoms with Gasteiger partial charge in [-0.1, -0.05) is 71.2 Å². The third kappa shape index (κ3) is 9.73. The van der Waals surface area contributed by atoms with Gasteiger partial charge in [0.2, 0.25) is 11.8 Å². The van der Waals surface area contributed by atoms with Gasteiger partial charge in [-0.15, -0.1) is 0 Å². The minimum absolute atomic E-state index is 0.0374. The molecule has 3 aromatic carbocycles. The van der Waals surface area contributed by atoms with Crippen molar-refractivity contribution in [1.82, 2.24) is 25.5 Å². The summed E-state index contributed by atoms with van der Waals surface area (Å²) in [6.45, 7) is 8.46. The van der Waals surface area contributed by atoms with Crippen molar-refractivity contribution in [3.63, 3.8) is 0 Å². The molecule has 0 bridgehead atoms. The molecule has 6 rings (SSSR count). The third-order valence-corrected chi connectivity index (χ3v) is 10.5. The normalized spacial score (nSPS) is 14.7. The van der Waals surface area contributed by atoms with Crippen molar-refractivity contribution in [2.24, 2.45) is 0 Å². The van der Waals surface area contributed by atoms with Gasteiger partial charge in [0.25, 0.3) is 0 Å². The number of halogens is 3. The van der Waals surface area contributed by atoms with Crippen LogP contribution in [0, 0.1) is 0 Å². The van der Waals surface area contributed by atoms with E-state index < -0.39 is 17.8 Å². The molecule has 5 aromatic rings. The highest BCUT2D eigenvalue weighted by atomic mass is 35.5. The summed E-state index contributed by atoms with van der Waals surface area (Å²) in [4.78, 5) is 36.5. The SMILES string of the molecule is COc1nc(-c2cccc(-c3cccc(-c4ccc5c(OC)c(CNCC(C)O)cc(Cl)c5n4)c3Cl)c2Cl)ccc1CN(C[C@@H]1CCC(=O)N1)C(=O)OC(C)(C)C. The number of benzene rings is 3. The van der Waals surface area contributed by atoms with Crippen molar-refractivity contribution in [3.8, 4) is 45.3 Å². The second-order valence-corrected chi connectivity index (χ2v) is 16.1. The topological polar surface area (TPSA) is 135 Å². The lowest BCUT2D eigenvalue weighted by atomic mass is 9.97. The number of carbonyl (C=O) groups excluding carboxylic acids is 2. The summed E-state index contributed by atoms with van der Waals surface area (Å²) < 4.78 is 17.2. The fourth-order valence-electron chi connectivity index (χ4n) is 6.83. The van der Waals surface area contributed by atoms with Crippen LogP contribution in [0.15, 0.2) is 66.7 Å². The number of amides is 2. The van der Waals surface area contributed by atoms with Gasteiger partial charge in [0.05, 0.1) is 58.8 Å². The fourth-order valence-corrected chi connectivity index (χ4v) is 7.76. The number of rotatable bonds is 13. The molecule has 1 fully saturated rings. The summed E-state index contributed by atoms with van der Waals surface area (Å²) >= 11 is 21.1. The molecule has 1 aliphatic rings. The molecule has 2 amide bonds. The van der Waals surface area contributed by atoms with E-state index in [-0.39, 0.29) is 25.0 Å². The number of aromatic nitrogens is 2. The molecule has 0 aliphatic carbocycles. The van der Waals surface area contributed by atoms with Gasteiger partial charge in [-0.3, -0.25) is 4.79 Å². The monoisotopic (exact) mass is 833 g/mol. The van der Waals surface area contributed by atoms with Crippen molar-refractivity contribution >= 4 is 57.7 Å². The lowest BCUT2D eigenvalue weighted by Gasteiger charge is -2.29. The van der Waals surface area contributed by atoms with E-state index in [2.05, 4.69) is 10.6 Å². The molecule has 14 heteroatoms. The zero-order valence-corrected chi connectivity index (χ0v) is 35.0. The average molecular weight is 835 g/mol. The molecule has 3 N–H and O–H groups in total. The Bertz CT molecular complexity index is 2300. The van der Waals surface area contributed by atoms with Crippen LogP contribution in [0.2, 0.25) is 15.1 Å². The second-order valence-electron chi connectivity index (χ2n) is 15.0. The molecule has 11 nitrogen and oxygen atoms in total. The quantitative estimate of drug-likeness (QED) is 0.106. The van der Waals surface area contributed by atoms with Gasteiger partial charge in [0.15, 0.2) is 0 Å². The Balaban J connectivity index is 1.30. The Hall–Kier alpha value is -4.65. The maximum absolute atomic E-state index is 13.3. The molecular weight excluding hydrogens is 789 g/mol. The number of pyridine rings is 2. The maximum Gasteiger partial charge on any atom is 0.410 e. The van der Waals surface area contributed by atoms with Crippen LogP contribution in [0.4, 0.5) is 4.79 Å². The highest BCUT2D eigenvalue weighted by molar-refractivity contribution is 6.39. The molecule has 1 saturated heterocycles. The first kappa shape index (κ1) is 42.0. The summed E-state index contributed by atoms with van der Waals surface area (Å²) in [5, 5.41) is 17.9. The lowest BCUT2D eigenvalue weighted by molar-refractivity contribution is -0.119. The Morgan fingerprint density at radius 2 is 1.56 bits per heavy atom. The first-order valence-electron chi connectivity index (χ1n) is 18.6. The highest BCUT2D eigenvalue weighted by Gasteiger charge is 2.29. The van der Waals surface area contributed by atoms with Crippen LogP contribution in [0.1, 0.15) is 51.7 Å². The molecule has 0 saturated carbocycles. The van der Waals surface area contributed by atoms with Crippen LogP contribution in [-0.2, 0) is 22.6 Å². The number of nitrogens with zero attached hydrogens (tertiary/aromatic N) is 3. The molecule has 2 aromatic heterocycles. The number of aliphatic hydroxyl groups is 1. The van der Waals surface area contributed by atoms with Gasteiger partial charge in [-0.25, -0.2) is 14.8 Å². The minimum Gasteiger partial charge on any atom is -0.496 e. The average Bonchev–Trinajstić information content (AvgIpc) is 3.58. The zero-order valence-electron chi connectivity index (χ0n) is 32.7. The maximum atomic E-state index is 13.3. The van der Waals surface area contributed by atoms with E-state index in [0.29, 0.717) is 97.4 Å². The molecule has 57 heavy (non-hydrogen) atoms. The van der Waals surface area contributed by atoms with Crippen LogP contribution in [0.25, 0.3) is 44.5 Å². The van der Waals surface area contributed by atoms with Crippen LogP contribution >= 0.6 is 34.8 Å². The van der Waals surface area contributed by atoms with Gasteiger partial charge >= 0.3 is 6.09 Å². The Labute approximate surface area is 347 Å². The molecule has 0 radical (unpaired) electrons. The van der Waals surface area contributed by atoms with E-state index in [4.69, 9.17) is 59.0 Å². The number of nitrogens with one attached hydrogen (secondary N) is 2. The number of carbonyl (C=O) groups is 2. The Kier molecular flexibility index (Phi) is 13.2. The predicted octanol–water partition coefficient (Wildman–Crippen LogP) is 9.09. The van der Waals surface area contributed by atoms with Crippen molar-refractivity contribution in [3.05, 3.63) is 92.9 Å². The number of hydrogen-bond acceptors (Lipinski definition) is 9. The van der Waals surface area contributed by atoms with Crippen molar-refractivity contribution < 1.29 is 28.9 Å².